The van der Waals surface area contributed by atoms with Crippen molar-refractivity contribution in [3.63, 3.8) is 0 Å². The lowest BCUT2D eigenvalue weighted by molar-refractivity contribution is -0.132. The standard InChI is InChI=1S/C14H20N2O/c1-11-7-13(15)10-16(9-11)14(17)8-12-5-3-2-4-6-12/h2-6,11,13H,7-10,15H2,1H3. The van der Waals surface area contributed by atoms with Crippen LogP contribution in [0, 0.1) is 5.92 Å². The molecule has 1 aromatic carbocycles. The van der Waals surface area contributed by atoms with E-state index >= 15 is 0 Å². The molecule has 92 valence electrons. The number of nitrogens with two attached hydrogens (primary N) is 1. The molecule has 2 unspecified atom stereocenters. The first kappa shape index (κ1) is 12.1. The Bertz CT molecular complexity index is 367. The van der Waals surface area contributed by atoms with Gasteiger partial charge in [-0.15, -0.1) is 0 Å². The van der Waals surface area contributed by atoms with Crippen molar-refractivity contribution in [3.8, 4) is 0 Å². The highest BCUT2D eigenvalue weighted by Crippen LogP contribution is 2.16. The molecule has 1 saturated heterocycles. The Hall–Kier alpha value is -1.35. The Labute approximate surface area is 103 Å². The smallest absolute Gasteiger partial charge is 0.227 e. The molecule has 3 heteroatoms. The summed E-state index contributed by atoms with van der Waals surface area (Å²) in [6, 6.07) is 10.0. The molecule has 17 heavy (non-hydrogen) atoms. The molecule has 3 nitrogen and oxygen atoms in total. The van der Waals surface area contributed by atoms with Gasteiger partial charge in [0.15, 0.2) is 0 Å². The zero-order chi connectivity index (χ0) is 12.3. The van der Waals surface area contributed by atoms with E-state index in [-0.39, 0.29) is 11.9 Å². The number of carbonyl (C=O) groups is 1. The van der Waals surface area contributed by atoms with Gasteiger partial charge in [0, 0.05) is 19.1 Å². The molecule has 1 aliphatic rings. The molecule has 1 aliphatic heterocycles. The van der Waals surface area contributed by atoms with Crippen molar-refractivity contribution in [1.82, 2.24) is 4.90 Å². The van der Waals surface area contributed by atoms with E-state index in [0.29, 0.717) is 18.9 Å². The van der Waals surface area contributed by atoms with Gasteiger partial charge in [0.25, 0.3) is 0 Å². The molecule has 1 heterocycles. The molecular weight excluding hydrogens is 212 g/mol. The highest BCUT2D eigenvalue weighted by Gasteiger charge is 2.25. The summed E-state index contributed by atoms with van der Waals surface area (Å²) in [5.74, 6) is 0.705. The summed E-state index contributed by atoms with van der Waals surface area (Å²) >= 11 is 0. The fraction of sp³-hybridized carbons (Fsp3) is 0.500. The van der Waals surface area contributed by atoms with Crippen molar-refractivity contribution in [2.45, 2.75) is 25.8 Å². The SMILES string of the molecule is CC1CC(N)CN(C(=O)Cc2ccccc2)C1. The zero-order valence-corrected chi connectivity index (χ0v) is 10.3. The number of amides is 1. The second kappa shape index (κ2) is 5.32. The molecule has 0 aliphatic carbocycles. The maximum absolute atomic E-state index is 12.1. The predicted molar refractivity (Wildman–Crippen MR) is 68.5 cm³/mol. The van der Waals surface area contributed by atoms with Crippen molar-refractivity contribution in [2.24, 2.45) is 11.7 Å². The van der Waals surface area contributed by atoms with Crippen molar-refractivity contribution < 1.29 is 4.79 Å². The fourth-order valence-electron chi connectivity index (χ4n) is 2.49. The summed E-state index contributed by atoms with van der Waals surface area (Å²) in [7, 11) is 0. The van der Waals surface area contributed by atoms with Gasteiger partial charge in [-0.1, -0.05) is 37.3 Å². The third-order valence-electron chi connectivity index (χ3n) is 3.24. The Kier molecular flexibility index (Phi) is 3.79. The summed E-state index contributed by atoms with van der Waals surface area (Å²) in [6.07, 6.45) is 1.51. The number of carbonyl (C=O) groups excluding carboxylic acids is 1. The topological polar surface area (TPSA) is 46.3 Å². The Morgan fingerprint density at radius 1 is 1.35 bits per heavy atom. The molecule has 1 aromatic rings. The van der Waals surface area contributed by atoms with Crippen molar-refractivity contribution in [3.05, 3.63) is 35.9 Å². The Morgan fingerprint density at radius 3 is 2.71 bits per heavy atom. The Morgan fingerprint density at radius 2 is 2.06 bits per heavy atom. The quantitative estimate of drug-likeness (QED) is 0.838. The van der Waals surface area contributed by atoms with E-state index in [9.17, 15) is 4.79 Å². The van der Waals surface area contributed by atoms with E-state index in [0.717, 1.165) is 18.5 Å². The van der Waals surface area contributed by atoms with E-state index in [1.807, 2.05) is 35.2 Å². The van der Waals surface area contributed by atoms with E-state index in [4.69, 9.17) is 5.73 Å². The van der Waals surface area contributed by atoms with E-state index < -0.39 is 0 Å². The van der Waals surface area contributed by atoms with Gasteiger partial charge in [0.1, 0.15) is 0 Å². The van der Waals surface area contributed by atoms with Gasteiger partial charge in [0.2, 0.25) is 5.91 Å². The largest absolute Gasteiger partial charge is 0.341 e. The summed E-state index contributed by atoms with van der Waals surface area (Å²) in [5.41, 5.74) is 7.03. The predicted octanol–water partition coefficient (Wildman–Crippen LogP) is 1.42. The normalized spacial score (nSPS) is 24.7. The van der Waals surface area contributed by atoms with Crippen LogP contribution in [0.3, 0.4) is 0 Å². The van der Waals surface area contributed by atoms with E-state index in [1.54, 1.807) is 0 Å². The number of piperidine rings is 1. The lowest BCUT2D eigenvalue weighted by atomic mass is 9.96. The molecule has 0 aromatic heterocycles. The third-order valence-corrected chi connectivity index (χ3v) is 3.24. The van der Waals surface area contributed by atoms with Crippen LogP contribution >= 0.6 is 0 Å². The van der Waals surface area contributed by atoms with E-state index in [1.165, 1.54) is 0 Å². The van der Waals surface area contributed by atoms with Crippen LogP contribution < -0.4 is 5.73 Å². The van der Waals surface area contributed by atoms with Gasteiger partial charge >= 0.3 is 0 Å². The lowest BCUT2D eigenvalue weighted by Crippen LogP contribution is -2.49. The molecule has 2 atom stereocenters. The number of hydrogen-bond acceptors (Lipinski definition) is 2. The number of hydrogen-bond donors (Lipinski definition) is 1. The molecule has 0 spiro atoms. The first-order chi connectivity index (χ1) is 8.15. The molecule has 0 saturated carbocycles. The molecule has 2 N–H and O–H groups in total. The minimum atomic E-state index is 0.137. The number of benzene rings is 1. The van der Waals surface area contributed by atoms with Crippen LogP contribution in [0.1, 0.15) is 18.9 Å². The monoisotopic (exact) mass is 232 g/mol. The number of likely N-dealkylation sites (tertiary alicyclic amines) is 1. The summed E-state index contributed by atoms with van der Waals surface area (Å²) < 4.78 is 0. The minimum Gasteiger partial charge on any atom is -0.341 e. The van der Waals surface area contributed by atoms with Gasteiger partial charge in [0.05, 0.1) is 6.42 Å². The summed E-state index contributed by atoms with van der Waals surface area (Å²) in [5, 5.41) is 0. The number of nitrogens with zero attached hydrogens (tertiary/aromatic N) is 1. The highest BCUT2D eigenvalue weighted by atomic mass is 16.2. The van der Waals surface area contributed by atoms with Crippen LogP contribution in [-0.4, -0.2) is 29.9 Å². The van der Waals surface area contributed by atoms with Crippen molar-refractivity contribution in [2.75, 3.05) is 13.1 Å². The minimum absolute atomic E-state index is 0.137. The second-order valence-electron chi connectivity index (χ2n) is 5.06. The maximum atomic E-state index is 12.1. The average molecular weight is 232 g/mol. The summed E-state index contributed by atoms with van der Waals surface area (Å²) in [4.78, 5) is 14.0. The molecule has 1 fully saturated rings. The van der Waals surface area contributed by atoms with Crippen molar-refractivity contribution in [1.29, 1.82) is 0 Å². The van der Waals surface area contributed by atoms with Gasteiger partial charge in [-0.2, -0.15) is 0 Å². The molecular formula is C14H20N2O. The van der Waals surface area contributed by atoms with Gasteiger partial charge in [-0.25, -0.2) is 0 Å². The van der Waals surface area contributed by atoms with E-state index in [2.05, 4.69) is 6.92 Å². The van der Waals surface area contributed by atoms with Crippen LogP contribution in [0.4, 0.5) is 0 Å². The van der Waals surface area contributed by atoms with Crippen LogP contribution in [0.15, 0.2) is 30.3 Å². The van der Waals surface area contributed by atoms with Crippen LogP contribution in [0.5, 0.6) is 0 Å². The lowest BCUT2D eigenvalue weighted by Gasteiger charge is -2.34. The third kappa shape index (κ3) is 3.30. The number of rotatable bonds is 2. The Balaban J connectivity index is 1.96. The zero-order valence-electron chi connectivity index (χ0n) is 10.3. The van der Waals surface area contributed by atoms with Crippen molar-refractivity contribution >= 4 is 5.91 Å². The average Bonchev–Trinajstić information content (AvgIpc) is 2.29. The molecule has 0 radical (unpaired) electrons. The summed E-state index contributed by atoms with van der Waals surface area (Å²) in [6.45, 7) is 3.71. The first-order valence-corrected chi connectivity index (χ1v) is 6.22. The van der Waals surface area contributed by atoms with Gasteiger partial charge < -0.3 is 10.6 Å². The van der Waals surface area contributed by atoms with Crippen LogP contribution in [-0.2, 0) is 11.2 Å². The second-order valence-corrected chi connectivity index (χ2v) is 5.06. The maximum Gasteiger partial charge on any atom is 0.227 e. The molecule has 2 rings (SSSR count). The van der Waals surface area contributed by atoms with Gasteiger partial charge in [-0.3, -0.25) is 4.79 Å². The fourth-order valence-corrected chi connectivity index (χ4v) is 2.49. The first-order valence-electron chi connectivity index (χ1n) is 6.22. The highest BCUT2D eigenvalue weighted by molar-refractivity contribution is 5.78. The van der Waals surface area contributed by atoms with Gasteiger partial charge in [-0.05, 0) is 17.9 Å². The van der Waals surface area contributed by atoms with Crippen LogP contribution in [0.2, 0.25) is 0 Å². The molecule has 0 bridgehead atoms. The molecule has 1 amide bonds. The van der Waals surface area contributed by atoms with Crippen LogP contribution in [0.25, 0.3) is 0 Å².